The number of guanidine groups is 1. The molecule has 5 nitrogen and oxygen atoms in total. The van der Waals surface area contributed by atoms with E-state index in [1.165, 1.54) is 11.3 Å². The summed E-state index contributed by atoms with van der Waals surface area (Å²) in [6.45, 7) is 2.23. The van der Waals surface area contributed by atoms with Crippen molar-refractivity contribution in [2.75, 3.05) is 20.6 Å². The molecule has 2 atom stereocenters. The molecule has 0 aromatic rings. The number of nitrogens with zero attached hydrogens (tertiary/aromatic N) is 2. The van der Waals surface area contributed by atoms with Gasteiger partial charge in [0.15, 0.2) is 5.96 Å². The molecule has 0 heterocycles. The Balaban J connectivity index is 1.97. The van der Waals surface area contributed by atoms with Crippen LogP contribution >= 0.6 is 0 Å². The van der Waals surface area contributed by atoms with Gasteiger partial charge in [0.05, 0.1) is 5.92 Å². The molecular formula is C19H33F3N4O. The summed E-state index contributed by atoms with van der Waals surface area (Å²) in [6, 6.07) is 0.245. The van der Waals surface area contributed by atoms with E-state index in [0.717, 1.165) is 19.3 Å². The number of hydrogen-bond donors (Lipinski definition) is 2. The number of nitrogens with one attached hydrogen (secondary N) is 2. The highest BCUT2D eigenvalue weighted by Crippen LogP contribution is 2.37. The fourth-order valence-electron chi connectivity index (χ4n) is 3.89. The second-order valence-electron chi connectivity index (χ2n) is 8.20. The number of hydrogen-bond acceptors (Lipinski definition) is 2. The zero-order valence-electron chi connectivity index (χ0n) is 16.6. The quantitative estimate of drug-likeness (QED) is 0.572. The number of amides is 1. The van der Waals surface area contributed by atoms with E-state index >= 15 is 0 Å². The highest BCUT2D eigenvalue weighted by molar-refractivity contribution is 5.85. The molecule has 156 valence electrons. The second kappa shape index (κ2) is 9.64. The zero-order chi connectivity index (χ0) is 20.0. The van der Waals surface area contributed by atoms with Crippen molar-refractivity contribution in [3.63, 3.8) is 0 Å². The lowest BCUT2D eigenvalue weighted by Gasteiger charge is -2.34. The highest BCUT2D eigenvalue weighted by Gasteiger charge is 2.41. The van der Waals surface area contributed by atoms with E-state index in [1.54, 1.807) is 14.1 Å². The van der Waals surface area contributed by atoms with Crippen LogP contribution in [0.4, 0.5) is 13.2 Å². The maximum Gasteiger partial charge on any atom is 0.391 e. The molecule has 0 saturated heterocycles. The van der Waals surface area contributed by atoms with Crippen LogP contribution in [-0.2, 0) is 4.79 Å². The van der Waals surface area contributed by atoms with Gasteiger partial charge in [0.2, 0.25) is 5.91 Å². The van der Waals surface area contributed by atoms with Crippen LogP contribution in [0.1, 0.15) is 58.3 Å². The molecule has 8 heteroatoms. The number of halogens is 3. The first-order valence-electron chi connectivity index (χ1n) is 10.0. The summed E-state index contributed by atoms with van der Waals surface area (Å²) >= 11 is 0. The van der Waals surface area contributed by atoms with Crippen LogP contribution in [0, 0.1) is 11.8 Å². The van der Waals surface area contributed by atoms with Gasteiger partial charge in [0.25, 0.3) is 0 Å². The molecule has 1 amide bonds. The van der Waals surface area contributed by atoms with Gasteiger partial charge in [-0.1, -0.05) is 19.8 Å². The van der Waals surface area contributed by atoms with Crippen molar-refractivity contribution in [1.82, 2.24) is 15.5 Å². The minimum absolute atomic E-state index is 0.0291. The van der Waals surface area contributed by atoms with Gasteiger partial charge >= 0.3 is 6.18 Å². The summed E-state index contributed by atoms with van der Waals surface area (Å²) < 4.78 is 38.6. The van der Waals surface area contributed by atoms with E-state index in [-0.39, 0.29) is 37.4 Å². The Hall–Kier alpha value is -1.47. The molecule has 0 aromatic carbocycles. The molecule has 2 N–H and O–H groups in total. The van der Waals surface area contributed by atoms with Crippen LogP contribution in [0.3, 0.4) is 0 Å². The fraction of sp³-hybridized carbons (Fsp3) is 0.895. The molecule has 2 aliphatic rings. The smallest absolute Gasteiger partial charge is 0.354 e. The zero-order valence-corrected chi connectivity index (χ0v) is 16.6. The molecule has 0 aliphatic heterocycles. The lowest BCUT2D eigenvalue weighted by Crippen LogP contribution is -2.51. The highest BCUT2D eigenvalue weighted by atomic mass is 19.4. The maximum atomic E-state index is 12.9. The largest absolute Gasteiger partial charge is 0.391 e. The molecule has 0 spiro atoms. The van der Waals surface area contributed by atoms with Gasteiger partial charge in [-0.2, -0.15) is 13.2 Å². The third kappa shape index (κ3) is 6.88. The molecule has 2 saturated carbocycles. The van der Waals surface area contributed by atoms with E-state index < -0.39 is 12.1 Å². The molecule has 0 radical (unpaired) electrons. The van der Waals surface area contributed by atoms with Crippen LogP contribution in [-0.4, -0.2) is 55.7 Å². The number of rotatable bonds is 4. The molecule has 2 aliphatic carbocycles. The van der Waals surface area contributed by atoms with Gasteiger partial charge in [0, 0.05) is 26.2 Å². The Morgan fingerprint density at radius 2 is 1.67 bits per heavy atom. The minimum Gasteiger partial charge on any atom is -0.354 e. The lowest BCUT2D eigenvalue weighted by atomic mass is 9.85. The first-order valence-corrected chi connectivity index (χ1v) is 10.0. The maximum absolute atomic E-state index is 12.9. The second-order valence-corrected chi connectivity index (χ2v) is 8.20. The van der Waals surface area contributed by atoms with E-state index in [1.807, 2.05) is 0 Å². The first kappa shape index (κ1) is 21.8. The standard InChI is InChI=1S/C19H33F3N4O/c1-13-6-4-5-7-16(13)25-18(23-12-17(27)26(2)3)24-15-10-8-14(9-11-15)19(20,21)22/h13-16H,4-12H2,1-3H3,(H2,23,24,25). The van der Waals surface area contributed by atoms with Crippen LogP contribution in [0.15, 0.2) is 4.99 Å². The molecule has 2 rings (SSSR count). The molecule has 2 fully saturated rings. The number of carbonyl (C=O) groups excluding carboxylic acids is 1. The number of carbonyl (C=O) groups is 1. The van der Waals surface area contributed by atoms with Gasteiger partial charge in [-0.25, -0.2) is 4.99 Å². The third-order valence-corrected chi connectivity index (χ3v) is 5.84. The normalized spacial score (nSPS) is 29.9. The van der Waals surface area contributed by atoms with Crippen LogP contribution in [0.2, 0.25) is 0 Å². The van der Waals surface area contributed by atoms with Gasteiger partial charge in [-0.15, -0.1) is 0 Å². The Kier molecular flexibility index (Phi) is 7.79. The van der Waals surface area contributed by atoms with Crippen molar-refractivity contribution < 1.29 is 18.0 Å². The predicted molar refractivity (Wildman–Crippen MR) is 100 cm³/mol. The van der Waals surface area contributed by atoms with Crippen molar-refractivity contribution in [2.45, 2.75) is 76.6 Å². The van der Waals surface area contributed by atoms with Gasteiger partial charge < -0.3 is 15.5 Å². The van der Waals surface area contributed by atoms with Gasteiger partial charge in [0.1, 0.15) is 6.54 Å². The van der Waals surface area contributed by atoms with E-state index in [9.17, 15) is 18.0 Å². The summed E-state index contributed by atoms with van der Waals surface area (Å²) in [6.07, 6.45) is 1.69. The Morgan fingerprint density at radius 1 is 1.04 bits per heavy atom. The van der Waals surface area contributed by atoms with E-state index in [0.29, 0.717) is 24.7 Å². The summed E-state index contributed by atoms with van der Waals surface area (Å²) in [5, 5.41) is 6.73. The van der Waals surface area contributed by atoms with E-state index in [2.05, 4.69) is 22.5 Å². The Bertz CT molecular complexity index is 514. The summed E-state index contributed by atoms with van der Waals surface area (Å²) in [7, 11) is 3.36. The van der Waals surface area contributed by atoms with Crippen LogP contribution in [0.25, 0.3) is 0 Å². The van der Waals surface area contributed by atoms with Crippen molar-refractivity contribution in [3.05, 3.63) is 0 Å². The topological polar surface area (TPSA) is 56.7 Å². The van der Waals surface area contributed by atoms with Crippen molar-refractivity contribution >= 4 is 11.9 Å². The van der Waals surface area contributed by atoms with Gasteiger partial charge in [-0.3, -0.25) is 4.79 Å². The van der Waals surface area contributed by atoms with Crippen molar-refractivity contribution in [3.8, 4) is 0 Å². The molecular weight excluding hydrogens is 357 g/mol. The van der Waals surface area contributed by atoms with Gasteiger partial charge in [-0.05, 0) is 44.4 Å². The summed E-state index contributed by atoms with van der Waals surface area (Å²) in [5.41, 5.74) is 0. The van der Waals surface area contributed by atoms with Crippen molar-refractivity contribution in [2.24, 2.45) is 16.8 Å². The Morgan fingerprint density at radius 3 is 2.22 bits per heavy atom. The fourth-order valence-corrected chi connectivity index (χ4v) is 3.89. The predicted octanol–water partition coefficient (Wildman–Crippen LogP) is 3.31. The molecule has 27 heavy (non-hydrogen) atoms. The van der Waals surface area contributed by atoms with Crippen molar-refractivity contribution in [1.29, 1.82) is 0 Å². The molecule has 2 unspecified atom stereocenters. The average Bonchev–Trinajstić information content (AvgIpc) is 2.60. The SMILES string of the molecule is CC1CCCCC1NC(=NCC(=O)N(C)C)NC1CCC(C(F)(F)F)CC1. The molecule has 0 bridgehead atoms. The monoisotopic (exact) mass is 390 g/mol. The van der Waals surface area contributed by atoms with E-state index in [4.69, 9.17) is 0 Å². The number of alkyl halides is 3. The summed E-state index contributed by atoms with van der Waals surface area (Å²) in [5.74, 6) is -0.234. The average molecular weight is 390 g/mol. The summed E-state index contributed by atoms with van der Waals surface area (Å²) in [4.78, 5) is 17.8. The lowest BCUT2D eigenvalue weighted by molar-refractivity contribution is -0.182. The Labute approximate surface area is 160 Å². The number of aliphatic imine (C=N–C) groups is 1. The van der Waals surface area contributed by atoms with Crippen LogP contribution in [0.5, 0.6) is 0 Å². The van der Waals surface area contributed by atoms with Crippen LogP contribution < -0.4 is 10.6 Å². The minimum atomic E-state index is -4.10. The first-order chi connectivity index (χ1) is 12.7. The number of likely N-dealkylation sites (N-methyl/N-ethyl adjacent to an activating group) is 1. The third-order valence-electron chi connectivity index (χ3n) is 5.84. The molecule has 0 aromatic heterocycles.